The van der Waals surface area contributed by atoms with Crippen molar-refractivity contribution in [3.8, 4) is 0 Å². The van der Waals surface area contributed by atoms with Gasteiger partial charge in [-0.2, -0.15) is 0 Å². The molecular formula is C65H364. The number of rotatable bonds is 0. The highest BCUT2D eigenvalue weighted by Crippen LogP contribution is 0.208. The Hall–Kier alpha value is 0. The van der Waals surface area contributed by atoms with E-state index < -0.39 is 0 Å². The number of hydrogen-bond acceptors (Lipinski definition) is 0. The minimum atomic E-state index is 0. The van der Waals surface area contributed by atoms with Gasteiger partial charge in [-0.05, 0) is 0 Å². The van der Waals surface area contributed by atoms with Crippen molar-refractivity contribution in [2.45, 2.75) is 483 Å². The Kier molecular flexibility index (Phi) is 0. The SMILES string of the molecule is C.C.C.C.C.C.C.C.C.C.C.C.C.C.C.C.C.C.C.C.C.C.C.C.C.C.C.C.C.C.C.C.C.C.C.C.C.C.C.C.C.C.C.C.C.C.C.C.C.C.C.C.C.C.C.C.C.C.C.C.C.C.C.C.C.[3HH].[3HH].[3HH].[3HH].[3HH].[3HH].[3HH].[3HH].[3HH].[3HH].[3HH].[3HH].[3HH].[3HH].[3HH].[3HH].[3HH].[3HH].[3HH].[3HH].[3HH].[3HH].[3HH].[3HH].[3HH].[3HH].[3HH].[3HH].[3HH].[3HH].[3HH].[3HH].[3HH].[3HH].[3HH].[3HH].[3HH].[3HH].[3HH].[3HH].[3HH].[3HH].[3HH].[3HH].[3HH].[3HH].[3HH].[3HH].[3HH].[3HH].[3HH].[3HH]. The van der Waals surface area contributed by atoms with Gasteiger partial charge in [0.25, 0.3) is 0 Å². The molecule has 0 nitrogen and oxygen atoms in total. The first-order valence-electron chi connectivity index (χ1n) is 0. The first kappa shape index (κ1) is 0. The zero-order valence-corrected chi connectivity index (χ0v) is 0. The molecule has 0 saturated heterocycles. The summed E-state index contributed by atoms with van der Waals surface area (Å²) in [4.78, 5) is 0. The van der Waals surface area contributed by atoms with Gasteiger partial charge in [0.05, 0.1) is 0 Å². The van der Waals surface area contributed by atoms with E-state index in [9.17, 15) is 0 Å². The monoisotopic (exact) mass is 1250 g/mol. The van der Waals surface area contributed by atoms with Crippen LogP contribution in [0, 0.1) is 0 Å². The molecule has 0 bridgehead atoms. The van der Waals surface area contributed by atoms with Gasteiger partial charge in [-0.1, -0.05) is 483 Å². The fourth-order valence-corrected chi connectivity index (χ4v) is 0. The molecule has 0 aromatic carbocycles. The quantitative estimate of drug-likeness (QED) is 0.227. The molecule has 0 saturated carbocycles. The average Bonchev–Trinajstić information content (AvgIpc) is 0. The lowest BCUT2D eigenvalue weighted by molar-refractivity contribution is 2.50. The zero-order valence-electron chi connectivity index (χ0n) is 0. The molecule has 65 heavy (non-hydrogen) atoms. The Morgan fingerprint density at radius 3 is 0.0308 bits per heavy atom. The highest BCUT2D eigenvalue weighted by molar-refractivity contribution is 2.57. The summed E-state index contributed by atoms with van der Waals surface area (Å²) in [7, 11) is 0. The Morgan fingerprint density at radius 1 is 0.0308 bits per heavy atom. The summed E-state index contributed by atoms with van der Waals surface area (Å²) in [5.74, 6) is 0. The Labute approximate surface area is 558 Å². The second-order valence-electron chi connectivity index (χ2n) is 0. The van der Waals surface area contributed by atoms with Crippen LogP contribution < -0.4 is 0 Å². The average molecular weight is 1250 g/mol. The molecule has 624 valence electrons. The third kappa shape index (κ3) is 0. The summed E-state index contributed by atoms with van der Waals surface area (Å²) in [6.07, 6.45) is 0. The van der Waals surface area contributed by atoms with Crippen molar-refractivity contribution in [1.82, 2.24) is 0 Å². The van der Waals surface area contributed by atoms with E-state index >= 15 is 0 Å². The Bertz CT molecular complexity index is 116. The van der Waals surface area contributed by atoms with Gasteiger partial charge in [0.1, 0.15) is 0 Å². The largest absolute Gasteiger partial charge is 0.0776 e. The van der Waals surface area contributed by atoms with E-state index in [0.717, 1.165) is 0 Å². The van der Waals surface area contributed by atoms with Gasteiger partial charge in [0, 0.05) is 74.2 Å². The van der Waals surface area contributed by atoms with Crippen LogP contribution in [0.1, 0.15) is 557 Å². The predicted octanol–water partition coefficient (Wildman–Crippen LogP) is 54.1. The van der Waals surface area contributed by atoms with Crippen LogP contribution in [-0.4, -0.2) is 0 Å². The van der Waals surface area contributed by atoms with Crippen molar-refractivity contribution >= 4 is 0 Å². The molecule has 0 aromatic heterocycles. The van der Waals surface area contributed by atoms with Crippen molar-refractivity contribution in [2.75, 3.05) is 0 Å². The molecular weight excluding hydrogens is 781 g/mol. The highest BCUT2D eigenvalue weighted by Gasteiger charge is -0.0136. The molecule has 0 fully saturated rings. The molecule has 0 radical (unpaired) electrons. The summed E-state index contributed by atoms with van der Waals surface area (Å²) in [5.41, 5.74) is 0. The van der Waals surface area contributed by atoms with Crippen LogP contribution in [-0.2, 0) is 0 Å². The van der Waals surface area contributed by atoms with Crippen LogP contribution in [0.3, 0.4) is 0 Å². The van der Waals surface area contributed by atoms with Gasteiger partial charge in [-0.25, -0.2) is 0 Å². The predicted molar refractivity (Wildman–Crippen MR) is 547 cm³/mol. The van der Waals surface area contributed by atoms with Crippen molar-refractivity contribution in [1.29, 1.82) is 0 Å². The van der Waals surface area contributed by atoms with Crippen LogP contribution >= 0.6 is 0 Å². The Balaban J connectivity index is 0. The lowest BCUT2D eigenvalue weighted by Gasteiger charge is -0.0786. The molecule has 0 unspecified atom stereocenters. The van der Waals surface area contributed by atoms with Crippen LogP contribution in [0.25, 0.3) is 0 Å². The topological polar surface area (TPSA) is 0 Å². The maximum absolute atomic E-state index is 0. The molecule has 0 N–H and O–H groups in total. The van der Waals surface area contributed by atoms with Gasteiger partial charge in [-0.3, -0.25) is 0 Å². The molecule has 0 aromatic rings. The van der Waals surface area contributed by atoms with Crippen molar-refractivity contribution in [2.24, 2.45) is 0 Å². The van der Waals surface area contributed by atoms with E-state index in [1.54, 1.807) is 0 Å². The van der Waals surface area contributed by atoms with Crippen LogP contribution in [0.2, 0.25) is 0 Å². The normalized spacial score (nSPS) is 0. The summed E-state index contributed by atoms with van der Waals surface area (Å²) < 4.78 is 0. The van der Waals surface area contributed by atoms with Crippen LogP contribution in [0.4, 0.5) is 0 Å². The molecule has 0 spiro atoms. The van der Waals surface area contributed by atoms with E-state index in [-0.39, 0.29) is 557 Å². The van der Waals surface area contributed by atoms with Gasteiger partial charge in [0.2, 0.25) is 0 Å². The van der Waals surface area contributed by atoms with Gasteiger partial charge in [0.15, 0.2) is 0 Å². The lowest BCUT2D eigenvalue weighted by atomic mass is 12.0. The molecule has 0 atom stereocenters. The molecule has 0 heterocycles. The molecule has 0 heteroatoms. The first-order chi connectivity index (χ1) is 0. The smallest absolute Gasteiger partial charge is 0 e. The van der Waals surface area contributed by atoms with Gasteiger partial charge < -0.3 is 0 Å². The summed E-state index contributed by atoms with van der Waals surface area (Å²) in [6.45, 7) is 0. The van der Waals surface area contributed by atoms with Crippen LogP contribution in [0.15, 0.2) is 0 Å². The van der Waals surface area contributed by atoms with E-state index in [1.807, 2.05) is 0 Å². The standard InChI is InChI=1S/65CH4.52H2/h65*1H4;52*1H/i;;;;;;;;;;;;;;;;;;;;;;;;;;;;;;;;;;;;;;;;;;;;;;;;;;;;;;;;;;;;;;;;;52*1+2. The molecule has 0 aliphatic heterocycles. The van der Waals surface area contributed by atoms with E-state index in [2.05, 4.69) is 0 Å². The number of hydrogen-bond donors (Lipinski definition) is 0. The maximum atomic E-state index is 0. The third-order valence-electron chi connectivity index (χ3n) is 0. The molecule has 0 rings (SSSR count). The van der Waals surface area contributed by atoms with E-state index in [1.165, 1.54) is 0 Å². The van der Waals surface area contributed by atoms with E-state index in [4.69, 9.17) is 0 Å². The second kappa shape index (κ2) is 0. The maximum Gasteiger partial charge on any atom is 0 e. The van der Waals surface area contributed by atoms with Crippen molar-refractivity contribution in [3.63, 3.8) is 0 Å². The lowest BCUT2D eigenvalue weighted by Crippen LogP contribution is 0.143. The van der Waals surface area contributed by atoms with Crippen LogP contribution in [0.5, 0.6) is 0 Å². The minimum Gasteiger partial charge on any atom is -0.0776 e. The highest BCUT2D eigenvalue weighted by atomic mass is 12.1. The summed E-state index contributed by atoms with van der Waals surface area (Å²) in [5, 5.41) is 0. The molecule has 0 aliphatic carbocycles. The fourth-order valence-electron chi connectivity index (χ4n) is 0. The summed E-state index contributed by atoms with van der Waals surface area (Å²) in [6, 6.07) is 0. The van der Waals surface area contributed by atoms with E-state index in [0.29, 0.717) is 0 Å². The zero-order chi connectivity index (χ0) is 0. The first-order valence-corrected chi connectivity index (χ1v) is 0. The fraction of sp³-hybridized carbons (Fsp3) is 1.00. The molecule has 0 aliphatic rings. The minimum absolute atomic E-state index is 0. The molecule has 0 amide bonds. The Morgan fingerprint density at radius 2 is 0.0308 bits per heavy atom. The van der Waals surface area contributed by atoms with Gasteiger partial charge >= 0.3 is 0 Å². The second-order valence-corrected chi connectivity index (χ2v) is 0. The van der Waals surface area contributed by atoms with Crippen molar-refractivity contribution in [3.05, 3.63) is 0 Å². The van der Waals surface area contributed by atoms with Gasteiger partial charge in [-0.15, -0.1) is 0 Å². The third-order valence-corrected chi connectivity index (χ3v) is 0. The summed E-state index contributed by atoms with van der Waals surface area (Å²) >= 11 is 0. The van der Waals surface area contributed by atoms with Crippen molar-refractivity contribution < 1.29 is 74.2 Å².